The summed E-state index contributed by atoms with van der Waals surface area (Å²) in [7, 11) is 1.96. The van der Waals surface area contributed by atoms with Gasteiger partial charge in [-0.3, -0.25) is 9.99 Å². The van der Waals surface area contributed by atoms with Gasteiger partial charge in [-0.1, -0.05) is 18.2 Å². The molecule has 0 unspecified atom stereocenters. The Hall–Kier alpha value is -4.05. The minimum atomic E-state index is -0.485. The van der Waals surface area contributed by atoms with E-state index in [9.17, 15) is 4.79 Å². The van der Waals surface area contributed by atoms with Gasteiger partial charge in [-0.25, -0.2) is 9.78 Å². The number of pyridine rings is 1. The molecule has 1 aromatic carbocycles. The number of morpholine rings is 1. The second-order valence-corrected chi connectivity index (χ2v) is 8.54. The van der Waals surface area contributed by atoms with E-state index in [0.29, 0.717) is 43.8 Å². The van der Waals surface area contributed by atoms with Crippen molar-refractivity contribution in [3.63, 3.8) is 0 Å². The molecule has 186 valence electrons. The summed E-state index contributed by atoms with van der Waals surface area (Å²) in [5.74, 6) is 0.427. The van der Waals surface area contributed by atoms with Crippen molar-refractivity contribution < 1.29 is 14.3 Å². The maximum Gasteiger partial charge on any atom is 0.344 e. The van der Waals surface area contributed by atoms with Gasteiger partial charge in [-0.2, -0.15) is 10.1 Å². The molecule has 0 aliphatic carbocycles. The third-order valence-electron chi connectivity index (χ3n) is 6.05. The first kappa shape index (κ1) is 23.7. The van der Waals surface area contributed by atoms with Crippen LogP contribution in [-0.2, 0) is 9.47 Å². The summed E-state index contributed by atoms with van der Waals surface area (Å²) in [5.41, 5.74) is 4.35. The summed E-state index contributed by atoms with van der Waals surface area (Å²) in [6.45, 7) is 5.41. The van der Waals surface area contributed by atoms with Crippen LogP contribution in [0.15, 0.2) is 53.9 Å². The van der Waals surface area contributed by atoms with Crippen LogP contribution in [0.25, 0.3) is 11.3 Å². The monoisotopic (exact) mass is 487 g/mol. The average molecular weight is 488 g/mol. The van der Waals surface area contributed by atoms with Crippen molar-refractivity contribution in [3.05, 3.63) is 59.9 Å². The number of hydrogen-bond donors (Lipinski definition) is 1. The molecule has 0 bridgehead atoms. The van der Waals surface area contributed by atoms with E-state index in [-0.39, 0.29) is 12.2 Å². The van der Waals surface area contributed by atoms with Crippen LogP contribution in [0, 0.1) is 0 Å². The quantitative estimate of drug-likeness (QED) is 0.502. The second kappa shape index (κ2) is 10.7. The molecule has 0 spiro atoms. The zero-order valence-corrected chi connectivity index (χ0v) is 20.5. The van der Waals surface area contributed by atoms with Gasteiger partial charge < -0.3 is 19.7 Å². The molecule has 2 aliphatic heterocycles. The molecule has 1 fully saturated rings. The van der Waals surface area contributed by atoms with Crippen LogP contribution in [0.1, 0.15) is 29.3 Å². The first-order valence-corrected chi connectivity index (χ1v) is 12.1. The van der Waals surface area contributed by atoms with E-state index in [1.165, 1.54) is 0 Å². The van der Waals surface area contributed by atoms with Gasteiger partial charge in [0.25, 0.3) is 0 Å². The molecule has 2 aliphatic rings. The number of anilines is 3. The Morgan fingerprint density at radius 1 is 1.08 bits per heavy atom. The Balaban J connectivity index is 1.67. The SMILES string of the molecule is CCOC(=O)c1c(Nc2ccncc2)nc(N2CCOCC2)nc1-c1cccc(C2=NN(C)CC2)c1. The van der Waals surface area contributed by atoms with E-state index >= 15 is 0 Å². The van der Waals surface area contributed by atoms with Crippen molar-refractivity contribution in [2.24, 2.45) is 5.10 Å². The number of hydrazone groups is 1. The molecule has 36 heavy (non-hydrogen) atoms. The normalized spacial score (nSPS) is 15.6. The molecule has 5 rings (SSSR count). The summed E-state index contributed by atoms with van der Waals surface area (Å²) in [5, 5.41) is 9.86. The summed E-state index contributed by atoms with van der Waals surface area (Å²) < 4.78 is 11.0. The second-order valence-electron chi connectivity index (χ2n) is 8.54. The predicted molar refractivity (Wildman–Crippen MR) is 138 cm³/mol. The number of carbonyl (C=O) groups is 1. The highest BCUT2D eigenvalue weighted by molar-refractivity contribution is 6.04. The summed E-state index contributed by atoms with van der Waals surface area (Å²) in [4.78, 5) is 29.2. The van der Waals surface area contributed by atoms with Crippen LogP contribution < -0.4 is 10.2 Å². The van der Waals surface area contributed by atoms with Crippen molar-refractivity contribution >= 4 is 29.1 Å². The van der Waals surface area contributed by atoms with E-state index in [2.05, 4.69) is 20.3 Å². The Kier molecular flexibility index (Phi) is 7.03. The lowest BCUT2D eigenvalue weighted by Gasteiger charge is -2.28. The minimum absolute atomic E-state index is 0.237. The third-order valence-corrected chi connectivity index (χ3v) is 6.05. The molecule has 0 saturated carbocycles. The molecule has 0 atom stereocenters. The fourth-order valence-corrected chi connectivity index (χ4v) is 4.24. The molecular weight excluding hydrogens is 458 g/mol. The Labute approximate surface area is 210 Å². The first-order valence-electron chi connectivity index (χ1n) is 12.1. The van der Waals surface area contributed by atoms with Gasteiger partial charge >= 0.3 is 5.97 Å². The van der Waals surface area contributed by atoms with Gasteiger partial charge in [-0.15, -0.1) is 0 Å². The lowest BCUT2D eigenvalue weighted by atomic mass is 10.0. The fourth-order valence-electron chi connectivity index (χ4n) is 4.24. The minimum Gasteiger partial charge on any atom is -0.462 e. The van der Waals surface area contributed by atoms with E-state index < -0.39 is 5.97 Å². The molecular formula is C26H29N7O3. The van der Waals surface area contributed by atoms with Gasteiger partial charge in [0.15, 0.2) is 5.82 Å². The topological polar surface area (TPSA) is 105 Å². The number of esters is 1. The maximum absolute atomic E-state index is 13.3. The van der Waals surface area contributed by atoms with Crippen LogP contribution >= 0.6 is 0 Å². The van der Waals surface area contributed by atoms with Crippen LogP contribution in [0.2, 0.25) is 0 Å². The van der Waals surface area contributed by atoms with Gasteiger partial charge in [0.2, 0.25) is 5.95 Å². The van der Waals surface area contributed by atoms with Gasteiger partial charge in [-0.05, 0) is 30.7 Å². The Bertz CT molecular complexity index is 1260. The van der Waals surface area contributed by atoms with E-state index in [1.54, 1.807) is 19.3 Å². The van der Waals surface area contributed by atoms with Crippen molar-refractivity contribution in [2.45, 2.75) is 13.3 Å². The highest BCUT2D eigenvalue weighted by Crippen LogP contribution is 2.32. The van der Waals surface area contributed by atoms with Crippen molar-refractivity contribution in [1.82, 2.24) is 20.0 Å². The lowest BCUT2D eigenvalue weighted by Crippen LogP contribution is -2.37. The molecule has 1 N–H and O–H groups in total. The zero-order valence-electron chi connectivity index (χ0n) is 20.5. The summed E-state index contributed by atoms with van der Waals surface area (Å²) >= 11 is 0. The maximum atomic E-state index is 13.3. The van der Waals surface area contributed by atoms with Crippen LogP contribution in [0.5, 0.6) is 0 Å². The van der Waals surface area contributed by atoms with Crippen LogP contribution in [0.4, 0.5) is 17.5 Å². The predicted octanol–water partition coefficient (Wildman–Crippen LogP) is 3.34. The number of rotatable bonds is 7. The van der Waals surface area contributed by atoms with E-state index in [0.717, 1.165) is 35.5 Å². The number of hydrogen-bond acceptors (Lipinski definition) is 10. The molecule has 4 heterocycles. The molecule has 0 radical (unpaired) electrons. The summed E-state index contributed by atoms with van der Waals surface area (Å²) in [6, 6.07) is 11.6. The largest absolute Gasteiger partial charge is 0.462 e. The number of ether oxygens (including phenoxy) is 2. The third kappa shape index (κ3) is 5.13. The van der Waals surface area contributed by atoms with E-state index in [1.807, 2.05) is 48.5 Å². The molecule has 2 aromatic heterocycles. The number of carbonyl (C=O) groups excluding carboxylic acids is 1. The first-order chi connectivity index (χ1) is 17.6. The molecule has 1 saturated heterocycles. The van der Waals surface area contributed by atoms with Crippen molar-refractivity contribution in [2.75, 3.05) is 56.7 Å². The van der Waals surface area contributed by atoms with E-state index in [4.69, 9.17) is 19.4 Å². The summed E-state index contributed by atoms with van der Waals surface area (Å²) in [6.07, 6.45) is 4.22. The van der Waals surface area contributed by atoms with Crippen LogP contribution in [-0.4, -0.2) is 78.1 Å². The Morgan fingerprint density at radius 2 is 1.86 bits per heavy atom. The molecule has 0 amide bonds. The number of nitrogens with zero attached hydrogens (tertiary/aromatic N) is 6. The smallest absolute Gasteiger partial charge is 0.344 e. The molecule has 3 aromatic rings. The van der Waals surface area contributed by atoms with Gasteiger partial charge in [0.05, 0.1) is 31.2 Å². The van der Waals surface area contributed by atoms with Gasteiger partial charge in [0.1, 0.15) is 5.56 Å². The Morgan fingerprint density at radius 3 is 2.58 bits per heavy atom. The highest BCUT2D eigenvalue weighted by atomic mass is 16.5. The number of benzene rings is 1. The highest BCUT2D eigenvalue weighted by Gasteiger charge is 2.27. The average Bonchev–Trinajstić information content (AvgIpc) is 3.36. The molecule has 10 nitrogen and oxygen atoms in total. The van der Waals surface area contributed by atoms with Crippen molar-refractivity contribution in [1.29, 1.82) is 0 Å². The zero-order chi connectivity index (χ0) is 24.9. The van der Waals surface area contributed by atoms with Crippen LogP contribution in [0.3, 0.4) is 0 Å². The number of nitrogens with one attached hydrogen (secondary N) is 1. The number of aromatic nitrogens is 3. The van der Waals surface area contributed by atoms with Gasteiger partial charge in [0, 0.05) is 56.7 Å². The molecule has 10 heteroatoms. The lowest BCUT2D eigenvalue weighted by molar-refractivity contribution is 0.0527. The fraction of sp³-hybridized carbons (Fsp3) is 0.346. The standard InChI is InChI=1S/C26H29N7O3/c1-3-36-25(34)22-23(19-6-4-5-18(17-19)21-9-12-32(2)31-21)29-26(33-13-15-35-16-14-33)30-24(22)28-20-7-10-27-11-8-20/h4-8,10-11,17H,3,9,12-16H2,1-2H3,(H,27,28,29,30). The van der Waals surface area contributed by atoms with Crippen molar-refractivity contribution in [3.8, 4) is 11.3 Å².